The van der Waals surface area contributed by atoms with Crippen LogP contribution in [0.15, 0.2) is 54.6 Å². The van der Waals surface area contributed by atoms with Crippen molar-refractivity contribution in [2.75, 3.05) is 69.1 Å². The van der Waals surface area contributed by atoms with Crippen LogP contribution in [0.4, 0.5) is 11.5 Å². The minimum atomic E-state index is -0.822. The predicted octanol–water partition coefficient (Wildman–Crippen LogP) is 4.53. The fourth-order valence-electron chi connectivity index (χ4n) is 13.6. The van der Waals surface area contributed by atoms with E-state index in [1.54, 1.807) is 6.07 Å². The molecule has 5 aliphatic heterocycles. The van der Waals surface area contributed by atoms with E-state index in [0.717, 1.165) is 100 Å². The quantitative estimate of drug-likeness (QED) is 0.181. The van der Waals surface area contributed by atoms with Gasteiger partial charge in [0.2, 0.25) is 17.7 Å². The highest BCUT2D eigenvalue weighted by Gasteiger charge is 2.57. The van der Waals surface area contributed by atoms with E-state index >= 15 is 0 Å². The van der Waals surface area contributed by atoms with Crippen molar-refractivity contribution in [1.82, 2.24) is 40.4 Å². The van der Waals surface area contributed by atoms with Crippen LogP contribution in [0.2, 0.25) is 0 Å². The summed E-state index contributed by atoms with van der Waals surface area (Å²) in [5, 5.41) is 40.1. The van der Waals surface area contributed by atoms with Gasteiger partial charge in [0.05, 0.1) is 29.1 Å². The minimum absolute atomic E-state index is 0.0587. The molecule has 4 saturated heterocycles. The second-order valence-electron chi connectivity index (χ2n) is 23.4. The Morgan fingerprint density at radius 3 is 2.14 bits per heavy atom. The smallest absolute Gasteiger partial charge is 0.246 e. The Kier molecular flexibility index (Phi) is 12.4. The number of phenols is 1. The van der Waals surface area contributed by atoms with Gasteiger partial charge in [-0.3, -0.25) is 19.3 Å². The van der Waals surface area contributed by atoms with Crippen molar-refractivity contribution in [3.05, 3.63) is 65.7 Å². The van der Waals surface area contributed by atoms with Crippen LogP contribution in [0.3, 0.4) is 0 Å². The SMILES string of the molecule is C#Cc1ccc(C2(NC(=O)[C@@H]3C[C@@H](O)CN3C(=O)[C@@H](NC(=O)[C@H]3CC4(C3)C[C@H](N3CCC(N5CCC(N6CCN7c8cc(-c9ccccc9O)nnc8NC[C@H]7C6)CC5)CC3)C4)C(C)(C)C)CC2)cc1. The zero-order chi connectivity index (χ0) is 48.5. The van der Waals surface area contributed by atoms with Gasteiger partial charge in [0.25, 0.3) is 0 Å². The van der Waals surface area contributed by atoms with Crippen molar-refractivity contribution in [2.45, 2.75) is 139 Å². The van der Waals surface area contributed by atoms with Crippen molar-refractivity contribution in [3.63, 3.8) is 0 Å². The Morgan fingerprint density at radius 1 is 0.814 bits per heavy atom. The largest absolute Gasteiger partial charge is 0.507 e. The molecule has 3 aliphatic carbocycles. The maximum Gasteiger partial charge on any atom is 0.246 e. The summed E-state index contributed by atoms with van der Waals surface area (Å²) in [4.78, 5) is 54.3. The van der Waals surface area contributed by atoms with Gasteiger partial charge in [-0.05, 0) is 137 Å². The number of anilines is 2. The highest BCUT2D eigenvalue weighted by molar-refractivity contribution is 5.94. The summed E-state index contributed by atoms with van der Waals surface area (Å²) < 4.78 is 0. The number of aromatic nitrogens is 2. The Bertz CT molecular complexity index is 2490. The molecule has 372 valence electrons. The molecule has 11 rings (SSSR count). The van der Waals surface area contributed by atoms with Crippen LogP contribution in [0.5, 0.6) is 5.75 Å². The zero-order valence-electron chi connectivity index (χ0n) is 41.3. The lowest BCUT2D eigenvalue weighted by molar-refractivity contribution is -0.150. The number of fused-ring (bicyclic) bond motifs is 3. The highest BCUT2D eigenvalue weighted by Crippen LogP contribution is 2.60. The van der Waals surface area contributed by atoms with Crippen molar-refractivity contribution >= 4 is 29.2 Å². The zero-order valence-corrected chi connectivity index (χ0v) is 41.3. The van der Waals surface area contributed by atoms with Crippen LogP contribution in [-0.2, 0) is 19.9 Å². The molecule has 0 bridgehead atoms. The first-order chi connectivity index (χ1) is 33.7. The number of carbonyl (C=O) groups is 3. The number of phenolic OH excluding ortho intramolecular Hbond substituents is 1. The summed E-state index contributed by atoms with van der Waals surface area (Å²) in [5.74, 6) is 2.89. The Labute approximate surface area is 413 Å². The van der Waals surface area contributed by atoms with E-state index in [2.05, 4.69) is 57.7 Å². The van der Waals surface area contributed by atoms with Crippen LogP contribution in [-0.4, -0.2) is 159 Å². The molecule has 15 heteroatoms. The number of amides is 3. The van der Waals surface area contributed by atoms with Gasteiger partial charge in [-0.15, -0.1) is 16.6 Å². The molecule has 70 heavy (non-hydrogen) atoms. The van der Waals surface area contributed by atoms with Gasteiger partial charge in [0.1, 0.15) is 17.8 Å². The van der Waals surface area contributed by atoms with Crippen molar-refractivity contribution in [1.29, 1.82) is 0 Å². The Hall–Kier alpha value is -5.27. The van der Waals surface area contributed by atoms with Crippen LogP contribution >= 0.6 is 0 Å². The molecule has 8 aliphatic rings. The lowest BCUT2D eigenvalue weighted by atomic mass is 9.49. The molecular weight excluding hydrogens is 881 g/mol. The molecule has 3 saturated carbocycles. The topological polar surface area (TPSA) is 170 Å². The van der Waals surface area contributed by atoms with Gasteiger partial charge >= 0.3 is 0 Å². The number of benzene rings is 2. The number of aliphatic hydroxyl groups excluding tert-OH is 1. The van der Waals surface area contributed by atoms with Crippen molar-refractivity contribution in [3.8, 4) is 29.4 Å². The van der Waals surface area contributed by atoms with E-state index in [1.165, 1.54) is 43.7 Å². The molecule has 15 nitrogen and oxygen atoms in total. The van der Waals surface area contributed by atoms with Gasteiger partial charge in [0.15, 0.2) is 5.82 Å². The number of aromatic hydroxyl groups is 1. The number of nitrogens with zero attached hydrogens (tertiary/aromatic N) is 7. The molecule has 3 aromatic rings. The Balaban J connectivity index is 0.613. The fraction of sp³-hybridized carbons (Fsp3) is 0.618. The van der Waals surface area contributed by atoms with E-state index in [-0.39, 0.29) is 47.8 Å². The molecule has 1 spiro atoms. The lowest BCUT2D eigenvalue weighted by Crippen LogP contribution is -2.63. The summed E-state index contributed by atoms with van der Waals surface area (Å²) in [5.41, 5.74) is 3.36. The van der Waals surface area contributed by atoms with E-state index < -0.39 is 29.1 Å². The average Bonchev–Trinajstić information content (AvgIpc) is 4.02. The summed E-state index contributed by atoms with van der Waals surface area (Å²) in [6.45, 7) is 14.4. The number of piperidine rings is 2. The van der Waals surface area contributed by atoms with E-state index in [0.29, 0.717) is 35.4 Å². The van der Waals surface area contributed by atoms with Gasteiger partial charge in [0, 0.05) is 74.3 Å². The fourth-order valence-corrected chi connectivity index (χ4v) is 13.6. The molecule has 4 atom stereocenters. The number of hydrogen-bond acceptors (Lipinski definition) is 12. The first kappa shape index (κ1) is 47.1. The second kappa shape index (κ2) is 18.4. The van der Waals surface area contributed by atoms with Crippen LogP contribution < -0.4 is 20.9 Å². The molecule has 0 unspecified atom stereocenters. The molecule has 6 heterocycles. The van der Waals surface area contributed by atoms with Crippen LogP contribution in [0, 0.1) is 29.1 Å². The van der Waals surface area contributed by atoms with Crippen LogP contribution in [0.1, 0.15) is 103 Å². The van der Waals surface area contributed by atoms with E-state index in [4.69, 9.17) is 6.42 Å². The number of nitrogens with one attached hydrogen (secondary N) is 3. The summed E-state index contributed by atoms with van der Waals surface area (Å²) >= 11 is 0. The molecule has 7 fully saturated rings. The number of β-amino-alcohol motifs (C(OH)–C–C–N with tert-alkyl or cyclic N) is 1. The molecule has 3 amide bonds. The van der Waals surface area contributed by atoms with E-state index in [1.807, 2.05) is 63.2 Å². The highest BCUT2D eigenvalue weighted by atomic mass is 16.3. The maximum absolute atomic E-state index is 14.4. The van der Waals surface area contributed by atoms with Crippen LogP contribution in [0.25, 0.3) is 11.3 Å². The van der Waals surface area contributed by atoms with Crippen molar-refractivity contribution < 1.29 is 24.6 Å². The standard InChI is InChI=1S/C55H72N10O5/c1-5-35-10-12-37(13-11-35)55(18-19-55)58-51(69)46-26-42(66)34-65(46)52(70)48(53(2,3)4)57-50(68)36-28-54(29-36)30-40(31-54)62-22-14-38(15-23-62)61-20-16-39(17-21-61)63-24-25-64-41(33-63)32-56-49-45(64)27-44(59-60-49)43-8-6-7-9-47(43)67/h1,6-13,27,36,38-42,46,48,66-67H,14-26,28-34H2,2-4H3,(H,56,60)(H,57,68)(H,58,69)/t36-,40-,41-,42+,46-,48+,54?/m0/s1. The third-order valence-electron chi connectivity index (χ3n) is 17.9. The number of para-hydroxylation sites is 1. The monoisotopic (exact) mass is 953 g/mol. The second-order valence-corrected chi connectivity index (χ2v) is 23.4. The number of terminal acetylenes is 1. The molecular formula is C55H72N10O5. The molecule has 1 aromatic heterocycles. The number of rotatable bonds is 10. The molecule has 5 N–H and O–H groups in total. The first-order valence-corrected chi connectivity index (χ1v) is 26.2. The van der Waals surface area contributed by atoms with Gasteiger partial charge in [-0.25, -0.2) is 0 Å². The maximum atomic E-state index is 14.4. The number of hydrogen-bond donors (Lipinski definition) is 5. The van der Waals surface area contributed by atoms with Gasteiger partial charge in [-0.1, -0.05) is 51.0 Å². The average molecular weight is 953 g/mol. The minimum Gasteiger partial charge on any atom is -0.507 e. The lowest BCUT2D eigenvalue weighted by Gasteiger charge is -2.60. The van der Waals surface area contributed by atoms with E-state index in [9.17, 15) is 24.6 Å². The number of likely N-dealkylation sites (tertiary alicyclic amines) is 3. The number of aliphatic hydroxyl groups is 1. The predicted molar refractivity (Wildman–Crippen MR) is 269 cm³/mol. The number of carbonyl (C=O) groups excluding carboxylic acids is 3. The van der Waals surface area contributed by atoms with Crippen molar-refractivity contribution in [2.24, 2.45) is 16.7 Å². The third-order valence-corrected chi connectivity index (χ3v) is 17.9. The summed E-state index contributed by atoms with van der Waals surface area (Å²) in [6.07, 6.45) is 15.4. The summed E-state index contributed by atoms with van der Waals surface area (Å²) in [7, 11) is 0. The van der Waals surface area contributed by atoms with Gasteiger partial charge in [-0.2, -0.15) is 0 Å². The molecule has 2 aromatic carbocycles. The first-order valence-electron chi connectivity index (χ1n) is 26.2. The third kappa shape index (κ3) is 9.03. The summed E-state index contributed by atoms with van der Waals surface area (Å²) in [6, 6.07) is 17.6. The number of piperazine rings is 1. The molecule has 0 radical (unpaired) electrons. The van der Waals surface area contributed by atoms with Gasteiger partial charge < -0.3 is 45.8 Å². The normalized spacial score (nSPS) is 29.7. The Morgan fingerprint density at radius 2 is 1.49 bits per heavy atom.